The molecule has 23 heavy (non-hydrogen) atoms. The Labute approximate surface area is 139 Å². The molecule has 1 aliphatic heterocycles. The number of benzene rings is 2. The van der Waals surface area contributed by atoms with E-state index in [1.165, 1.54) is 0 Å². The molecule has 2 aromatic carbocycles. The van der Waals surface area contributed by atoms with Gasteiger partial charge in [-0.2, -0.15) is 0 Å². The molecule has 0 fully saturated rings. The molecular formula is C18H16ClN3O. The summed E-state index contributed by atoms with van der Waals surface area (Å²) in [5.41, 5.74) is 4.93. The zero-order valence-corrected chi connectivity index (χ0v) is 13.4. The number of hydrogen-bond donors (Lipinski definition) is 2. The summed E-state index contributed by atoms with van der Waals surface area (Å²) in [6.07, 6.45) is 2.73. The first-order chi connectivity index (χ1) is 11.1. The second-order valence-electron chi connectivity index (χ2n) is 5.84. The molecule has 2 heterocycles. The average Bonchev–Trinajstić information content (AvgIpc) is 3.13. The summed E-state index contributed by atoms with van der Waals surface area (Å²) in [5.74, 6) is 0. The van der Waals surface area contributed by atoms with E-state index in [0.29, 0.717) is 11.6 Å². The maximum atomic E-state index is 12.7. The first-order valence-corrected chi connectivity index (χ1v) is 7.94. The van der Waals surface area contributed by atoms with Gasteiger partial charge in [-0.05, 0) is 66.3 Å². The van der Waals surface area contributed by atoms with Crippen LogP contribution in [0.3, 0.4) is 0 Å². The van der Waals surface area contributed by atoms with Crippen LogP contribution in [-0.2, 0) is 6.42 Å². The third-order valence-corrected chi connectivity index (χ3v) is 4.56. The van der Waals surface area contributed by atoms with Gasteiger partial charge in [0.15, 0.2) is 0 Å². The Morgan fingerprint density at radius 1 is 1.26 bits per heavy atom. The number of rotatable bonds is 1. The molecule has 2 N–H and O–H groups in total. The summed E-state index contributed by atoms with van der Waals surface area (Å²) < 4.78 is 0. The maximum absolute atomic E-state index is 12.7. The number of carbonyl (C=O) groups is 1. The van der Waals surface area contributed by atoms with Crippen molar-refractivity contribution in [3.8, 4) is 0 Å². The van der Waals surface area contributed by atoms with Crippen molar-refractivity contribution in [3.63, 3.8) is 0 Å². The first kappa shape index (κ1) is 14.2. The molecule has 0 saturated heterocycles. The summed E-state index contributed by atoms with van der Waals surface area (Å²) in [7, 11) is 0. The predicted molar refractivity (Wildman–Crippen MR) is 94.6 cm³/mol. The maximum Gasteiger partial charge on any atom is 0.326 e. The van der Waals surface area contributed by atoms with Gasteiger partial charge in [0, 0.05) is 34.7 Å². The monoisotopic (exact) mass is 325 g/mol. The molecule has 4 rings (SSSR count). The fourth-order valence-electron chi connectivity index (χ4n) is 3.11. The van der Waals surface area contributed by atoms with Gasteiger partial charge in [0.2, 0.25) is 0 Å². The number of nitrogens with zero attached hydrogens (tertiary/aromatic N) is 1. The van der Waals surface area contributed by atoms with Crippen LogP contribution < -0.4 is 10.2 Å². The third kappa shape index (κ3) is 2.45. The van der Waals surface area contributed by atoms with Gasteiger partial charge in [0.05, 0.1) is 0 Å². The Morgan fingerprint density at radius 3 is 3.00 bits per heavy atom. The second kappa shape index (κ2) is 5.32. The highest BCUT2D eigenvalue weighted by molar-refractivity contribution is 6.30. The number of fused-ring (bicyclic) bond motifs is 2. The van der Waals surface area contributed by atoms with Crippen LogP contribution in [0, 0.1) is 6.92 Å². The van der Waals surface area contributed by atoms with E-state index in [0.717, 1.165) is 39.8 Å². The molecule has 1 aliphatic rings. The number of amides is 2. The van der Waals surface area contributed by atoms with Gasteiger partial charge in [-0.3, -0.25) is 4.90 Å². The van der Waals surface area contributed by atoms with Crippen LogP contribution in [-0.4, -0.2) is 17.6 Å². The van der Waals surface area contributed by atoms with Crippen LogP contribution in [0.15, 0.2) is 42.6 Å². The van der Waals surface area contributed by atoms with Gasteiger partial charge in [-0.1, -0.05) is 11.6 Å². The normalized spacial score (nSPS) is 13.4. The highest BCUT2D eigenvalue weighted by atomic mass is 35.5. The Hall–Kier alpha value is -2.46. The Morgan fingerprint density at radius 2 is 2.13 bits per heavy atom. The molecule has 0 spiro atoms. The Balaban J connectivity index is 1.62. The van der Waals surface area contributed by atoms with Gasteiger partial charge >= 0.3 is 6.03 Å². The molecule has 2 amide bonds. The van der Waals surface area contributed by atoms with Crippen molar-refractivity contribution in [2.24, 2.45) is 0 Å². The lowest BCUT2D eigenvalue weighted by atomic mass is 10.1. The van der Waals surface area contributed by atoms with E-state index in [1.54, 1.807) is 4.90 Å². The van der Waals surface area contributed by atoms with E-state index >= 15 is 0 Å². The number of H-pyrrole nitrogens is 1. The minimum Gasteiger partial charge on any atom is -0.361 e. The van der Waals surface area contributed by atoms with E-state index in [-0.39, 0.29) is 6.03 Å². The molecular weight excluding hydrogens is 310 g/mol. The van der Waals surface area contributed by atoms with Crippen LogP contribution in [0.1, 0.15) is 11.1 Å². The minimum atomic E-state index is -0.111. The van der Waals surface area contributed by atoms with Crippen LogP contribution >= 0.6 is 11.6 Å². The fraction of sp³-hybridized carbons (Fsp3) is 0.167. The van der Waals surface area contributed by atoms with E-state index in [1.807, 2.05) is 43.5 Å². The smallest absolute Gasteiger partial charge is 0.326 e. The lowest BCUT2D eigenvalue weighted by Crippen LogP contribution is -2.33. The van der Waals surface area contributed by atoms with E-state index in [2.05, 4.69) is 16.4 Å². The number of hydrogen-bond acceptors (Lipinski definition) is 1. The fourth-order valence-corrected chi connectivity index (χ4v) is 3.31. The SMILES string of the molecule is Cc1cc2cc[nH]c2cc1NC(=O)N1CCc2cc(Cl)ccc21. The molecule has 3 aromatic rings. The van der Waals surface area contributed by atoms with Crippen LogP contribution in [0.5, 0.6) is 0 Å². The van der Waals surface area contributed by atoms with Crippen LogP contribution in [0.2, 0.25) is 5.02 Å². The van der Waals surface area contributed by atoms with Crippen molar-refractivity contribution in [2.45, 2.75) is 13.3 Å². The van der Waals surface area contributed by atoms with Crippen molar-refractivity contribution in [3.05, 3.63) is 58.7 Å². The lowest BCUT2D eigenvalue weighted by Gasteiger charge is -2.19. The number of halogens is 1. The molecule has 1 aromatic heterocycles. The molecule has 0 atom stereocenters. The number of carbonyl (C=O) groups excluding carboxylic acids is 1. The van der Waals surface area contributed by atoms with Gasteiger partial charge in [-0.15, -0.1) is 0 Å². The number of nitrogens with one attached hydrogen (secondary N) is 2. The van der Waals surface area contributed by atoms with Crippen molar-refractivity contribution < 1.29 is 4.79 Å². The summed E-state index contributed by atoms with van der Waals surface area (Å²) in [6.45, 7) is 2.67. The van der Waals surface area contributed by atoms with E-state index in [4.69, 9.17) is 11.6 Å². The summed E-state index contributed by atoms with van der Waals surface area (Å²) in [4.78, 5) is 17.6. The highest BCUT2D eigenvalue weighted by Crippen LogP contribution is 2.31. The highest BCUT2D eigenvalue weighted by Gasteiger charge is 2.25. The molecule has 0 saturated carbocycles. The van der Waals surface area contributed by atoms with Gasteiger partial charge in [0.25, 0.3) is 0 Å². The zero-order valence-electron chi connectivity index (χ0n) is 12.7. The number of aryl methyl sites for hydroxylation is 1. The molecule has 0 aliphatic carbocycles. The minimum absolute atomic E-state index is 0.111. The standard InChI is InChI=1S/C18H16ClN3O/c1-11-8-12-4-6-20-16(12)10-15(11)21-18(23)22-7-5-13-9-14(19)2-3-17(13)22/h2-4,6,8-10,20H,5,7H2,1H3,(H,21,23). The molecule has 0 radical (unpaired) electrons. The van der Waals surface area contributed by atoms with E-state index < -0.39 is 0 Å². The van der Waals surface area contributed by atoms with Crippen molar-refractivity contribution >= 4 is 39.9 Å². The number of anilines is 2. The van der Waals surface area contributed by atoms with Crippen molar-refractivity contribution in [1.29, 1.82) is 0 Å². The molecule has 0 unspecified atom stereocenters. The van der Waals surface area contributed by atoms with Gasteiger partial charge in [0.1, 0.15) is 0 Å². The molecule has 5 heteroatoms. The van der Waals surface area contributed by atoms with E-state index in [9.17, 15) is 4.79 Å². The molecule has 116 valence electrons. The van der Waals surface area contributed by atoms with Crippen LogP contribution in [0.25, 0.3) is 10.9 Å². The van der Waals surface area contributed by atoms with Gasteiger partial charge in [-0.25, -0.2) is 4.79 Å². The summed E-state index contributed by atoms with van der Waals surface area (Å²) >= 11 is 6.02. The van der Waals surface area contributed by atoms with Gasteiger partial charge < -0.3 is 10.3 Å². The largest absolute Gasteiger partial charge is 0.361 e. The topological polar surface area (TPSA) is 48.1 Å². The van der Waals surface area contributed by atoms with Crippen molar-refractivity contribution in [1.82, 2.24) is 4.98 Å². The Bertz CT molecular complexity index is 916. The van der Waals surface area contributed by atoms with Crippen LogP contribution in [0.4, 0.5) is 16.2 Å². The second-order valence-corrected chi connectivity index (χ2v) is 6.27. The molecule has 4 nitrogen and oxygen atoms in total. The van der Waals surface area contributed by atoms with Crippen molar-refractivity contribution in [2.75, 3.05) is 16.8 Å². The number of aromatic nitrogens is 1. The first-order valence-electron chi connectivity index (χ1n) is 7.56. The zero-order chi connectivity index (χ0) is 16.0. The third-order valence-electron chi connectivity index (χ3n) is 4.32. The lowest BCUT2D eigenvalue weighted by molar-refractivity contribution is 0.257. The number of urea groups is 1. The Kier molecular flexibility index (Phi) is 3.27. The molecule has 0 bridgehead atoms. The summed E-state index contributed by atoms with van der Waals surface area (Å²) in [6, 6.07) is 11.6. The average molecular weight is 326 g/mol. The number of aromatic amines is 1. The summed E-state index contributed by atoms with van der Waals surface area (Å²) in [5, 5.41) is 4.87. The quantitative estimate of drug-likeness (QED) is 0.668. The predicted octanol–water partition coefficient (Wildman–Crippen LogP) is 4.72.